The first-order valence-electron chi connectivity index (χ1n) is 9.43. The Kier molecular flexibility index (Phi) is 4.68. The zero-order chi connectivity index (χ0) is 19.8. The predicted octanol–water partition coefficient (Wildman–Crippen LogP) is 1.68. The maximum atomic E-state index is 8.70. The van der Waals surface area contributed by atoms with Crippen LogP contribution in [0.5, 0.6) is 0 Å². The molecule has 1 saturated heterocycles. The normalized spacial score (nSPS) is 18.7. The molecule has 7 heteroatoms. The maximum Gasteiger partial charge on any atom is 0.182 e. The number of allylic oxidation sites excluding steroid dienone is 1. The molecule has 0 radical (unpaired) electrons. The minimum atomic E-state index is 0.319. The van der Waals surface area contributed by atoms with Gasteiger partial charge in [-0.05, 0) is 38.2 Å². The fraction of sp³-hybridized carbons (Fsp3) is 0.333. The average Bonchev–Trinajstić information content (AvgIpc) is 3.16. The summed E-state index contributed by atoms with van der Waals surface area (Å²) in [6.07, 6.45) is 6.75. The fourth-order valence-electron chi connectivity index (χ4n) is 3.69. The summed E-state index contributed by atoms with van der Waals surface area (Å²) in [4.78, 5) is 13.3. The van der Waals surface area contributed by atoms with Crippen LogP contribution in [0, 0.1) is 5.41 Å². The second-order valence-corrected chi connectivity index (χ2v) is 7.67. The van der Waals surface area contributed by atoms with Crippen molar-refractivity contribution in [1.82, 2.24) is 14.9 Å². The molecule has 0 spiro atoms. The van der Waals surface area contributed by atoms with E-state index < -0.39 is 0 Å². The molecule has 7 nitrogen and oxygen atoms in total. The Bertz CT molecular complexity index is 990. The Hall–Kier alpha value is -3.06. The number of nitrogen functional groups attached to an aromatic ring is 1. The highest BCUT2D eigenvalue weighted by Crippen LogP contribution is 2.25. The van der Waals surface area contributed by atoms with Gasteiger partial charge >= 0.3 is 0 Å². The van der Waals surface area contributed by atoms with Gasteiger partial charge in [-0.1, -0.05) is 6.07 Å². The van der Waals surface area contributed by atoms with Crippen LogP contribution in [-0.2, 0) is 0 Å². The van der Waals surface area contributed by atoms with Gasteiger partial charge in [0.25, 0.3) is 0 Å². The van der Waals surface area contributed by atoms with Crippen LogP contribution in [0.2, 0.25) is 0 Å². The Morgan fingerprint density at radius 3 is 2.75 bits per heavy atom. The molecule has 1 atom stereocenters. The molecule has 2 aliphatic heterocycles. The zero-order valence-corrected chi connectivity index (χ0v) is 16.6. The molecule has 3 heterocycles. The van der Waals surface area contributed by atoms with E-state index in [9.17, 15) is 0 Å². The quantitative estimate of drug-likeness (QED) is 0.471. The van der Waals surface area contributed by atoms with E-state index in [1.54, 1.807) is 6.33 Å². The summed E-state index contributed by atoms with van der Waals surface area (Å²) in [6, 6.07) is 8.23. The van der Waals surface area contributed by atoms with Gasteiger partial charge in [0.15, 0.2) is 12.4 Å². The van der Waals surface area contributed by atoms with Gasteiger partial charge in [-0.3, -0.25) is 5.41 Å². The molecule has 1 fully saturated rings. The molecule has 3 N–H and O–H groups in total. The minimum Gasteiger partial charge on any atom is -0.398 e. The van der Waals surface area contributed by atoms with Crippen molar-refractivity contribution in [2.45, 2.75) is 12.5 Å². The Morgan fingerprint density at radius 2 is 2.07 bits per heavy atom. The molecule has 0 aliphatic carbocycles. The molecule has 1 aromatic heterocycles. The van der Waals surface area contributed by atoms with E-state index in [0.29, 0.717) is 28.7 Å². The van der Waals surface area contributed by atoms with E-state index >= 15 is 0 Å². The fourth-order valence-corrected chi connectivity index (χ4v) is 3.69. The first-order chi connectivity index (χ1) is 13.4. The molecule has 1 aromatic carbocycles. The van der Waals surface area contributed by atoms with Crippen molar-refractivity contribution in [3.63, 3.8) is 0 Å². The number of anilines is 2. The lowest BCUT2D eigenvalue weighted by atomic mass is 9.97. The zero-order valence-electron chi connectivity index (χ0n) is 16.6. The van der Waals surface area contributed by atoms with Crippen molar-refractivity contribution in [3.05, 3.63) is 53.6 Å². The van der Waals surface area contributed by atoms with Crippen LogP contribution < -0.4 is 10.6 Å². The summed E-state index contributed by atoms with van der Waals surface area (Å²) in [5, 5.41) is 8.70. The third-order valence-electron chi connectivity index (χ3n) is 5.47. The molecule has 2 aliphatic rings. The van der Waals surface area contributed by atoms with Crippen LogP contribution in [0.4, 0.5) is 11.5 Å². The molecular weight excluding hydrogens is 350 g/mol. The number of nitrogens with one attached hydrogen (secondary N) is 1. The van der Waals surface area contributed by atoms with Crippen LogP contribution in [0.15, 0.2) is 36.8 Å². The Morgan fingerprint density at radius 1 is 1.29 bits per heavy atom. The maximum absolute atomic E-state index is 8.70. The van der Waals surface area contributed by atoms with Crippen LogP contribution in [0.3, 0.4) is 0 Å². The van der Waals surface area contributed by atoms with Gasteiger partial charge in [0.1, 0.15) is 24.8 Å². The summed E-state index contributed by atoms with van der Waals surface area (Å²) in [5.74, 6) is 0.866. The molecular formula is C21H26N7+. The number of aromatic nitrogens is 2. The number of hydrogen-bond donors (Lipinski definition) is 2. The summed E-state index contributed by atoms with van der Waals surface area (Å²) in [7, 11) is 6.21. The molecule has 1 unspecified atom stereocenters. The van der Waals surface area contributed by atoms with E-state index in [0.717, 1.165) is 36.5 Å². The van der Waals surface area contributed by atoms with Crippen molar-refractivity contribution in [2.24, 2.45) is 0 Å². The predicted molar refractivity (Wildman–Crippen MR) is 113 cm³/mol. The van der Waals surface area contributed by atoms with Crippen molar-refractivity contribution in [2.75, 3.05) is 44.9 Å². The van der Waals surface area contributed by atoms with Gasteiger partial charge in [0, 0.05) is 36.4 Å². The van der Waals surface area contributed by atoms with Gasteiger partial charge < -0.3 is 15.5 Å². The molecule has 4 rings (SSSR count). The van der Waals surface area contributed by atoms with Gasteiger partial charge in [-0.2, -0.15) is 0 Å². The number of rotatable bonds is 5. The molecule has 0 saturated carbocycles. The lowest BCUT2D eigenvalue weighted by molar-refractivity contribution is -0.423. The van der Waals surface area contributed by atoms with Crippen LogP contribution in [0.1, 0.15) is 23.2 Å². The highest BCUT2D eigenvalue weighted by Gasteiger charge is 2.25. The lowest BCUT2D eigenvalue weighted by Gasteiger charge is -2.21. The average molecular weight is 376 g/mol. The SMILES string of the molecule is CN(C)C1CCN(c2cc(C(=N)c3cc(C4=C[N+](C)=C4)ccc3N)ncn2)C1. The van der Waals surface area contributed by atoms with Gasteiger partial charge in [0.05, 0.1) is 11.4 Å². The second-order valence-electron chi connectivity index (χ2n) is 7.67. The minimum absolute atomic E-state index is 0.319. The third-order valence-corrected chi connectivity index (χ3v) is 5.47. The second kappa shape index (κ2) is 7.16. The standard InChI is InChI=1S/C21H26N7/c1-26(2)16-6-7-28(12-16)20-9-19(24-13-25-20)21(23)17-8-14(4-5-18(17)22)15-10-27(3)11-15/h4-5,8-11,13,16,23H,6-7,12,22H2,1-3H3/q+1. The van der Waals surface area contributed by atoms with Gasteiger partial charge in [0.2, 0.25) is 0 Å². The van der Waals surface area contributed by atoms with E-state index in [1.807, 2.05) is 35.9 Å². The van der Waals surface area contributed by atoms with E-state index in [4.69, 9.17) is 11.1 Å². The molecule has 0 amide bonds. The molecule has 0 bridgehead atoms. The number of benzene rings is 1. The number of nitrogens with zero attached hydrogens (tertiary/aromatic N) is 5. The van der Waals surface area contributed by atoms with Crippen LogP contribution >= 0.6 is 0 Å². The van der Waals surface area contributed by atoms with E-state index in [-0.39, 0.29) is 0 Å². The smallest absolute Gasteiger partial charge is 0.182 e. The van der Waals surface area contributed by atoms with Crippen molar-refractivity contribution < 1.29 is 4.58 Å². The monoisotopic (exact) mass is 376 g/mol. The van der Waals surface area contributed by atoms with Crippen molar-refractivity contribution in [1.29, 1.82) is 5.41 Å². The number of likely N-dealkylation sites (N-methyl/N-ethyl adjacent to an activating group) is 1. The van der Waals surface area contributed by atoms with Gasteiger partial charge in [-0.25, -0.2) is 14.5 Å². The van der Waals surface area contributed by atoms with Crippen LogP contribution in [-0.4, -0.2) is 71.6 Å². The summed E-state index contributed by atoms with van der Waals surface area (Å²) >= 11 is 0. The van der Waals surface area contributed by atoms with E-state index in [1.165, 1.54) is 0 Å². The summed E-state index contributed by atoms with van der Waals surface area (Å²) in [5.41, 5.74) is 10.5. The summed E-state index contributed by atoms with van der Waals surface area (Å²) in [6.45, 7) is 1.90. The summed E-state index contributed by atoms with van der Waals surface area (Å²) < 4.78 is 2.00. The Labute approximate surface area is 165 Å². The topological polar surface area (TPSA) is 85.1 Å². The highest BCUT2D eigenvalue weighted by atomic mass is 15.3. The highest BCUT2D eigenvalue weighted by molar-refractivity contribution is 6.15. The largest absolute Gasteiger partial charge is 0.398 e. The molecule has 28 heavy (non-hydrogen) atoms. The number of hydrogen-bond acceptors (Lipinski definition) is 6. The lowest BCUT2D eigenvalue weighted by Crippen LogP contribution is -2.31. The van der Waals surface area contributed by atoms with E-state index in [2.05, 4.69) is 46.3 Å². The van der Waals surface area contributed by atoms with Crippen LogP contribution in [0.25, 0.3) is 5.57 Å². The first-order valence-corrected chi connectivity index (χ1v) is 9.43. The van der Waals surface area contributed by atoms with Crippen molar-refractivity contribution >= 4 is 29.0 Å². The third kappa shape index (κ3) is 3.41. The first kappa shape index (κ1) is 18.3. The van der Waals surface area contributed by atoms with Gasteiger partial charge in [-0.15, -0.1) is 0 Å². The van der Waals surface area contributed by atoms with Crippen molar-refractivity contribution in [3.8, 4) is 0 Å². The Balaban J connectivity index is 1.59. The molecule has 2 aromatic rings. The molecule has 144 valence electrons. The number of nitrogens with two attached hydrogens (primary N) is 1.